The van der Waals surface area contributed by atoms with Crippen molar-refractivity contribution in [3.05, 3.63) is 35.0 Å². The molecule has 2 heterocycles. The molecule has 0 radical (unpaired) electrons. The van der Waals surface area contributed by atoms with E-state index in [2.05, 4.69) is 5.10 Å². The highest BCUT2D eigenvalue weighted by Crippen LogP contribution is 1.93. The Kier molecular flexibility index (Phi) is 1.86. The number of hydrogen-bond acceptors (Lipinski definition) is 3. The molecular formula is C8H9N3O2. The summed E-state index contributed by atoms with van der Waals surface area (Å²) in [5, 5.41) is 12.6. The first-order valence-electron chi connectivity index (χ1n) is 3.96. The Morgan fingerprint density at radius 1 is 1.46 bits per heavy atom. The molecule has 0 fully saturated rings. The zero-order valence-electron chi connectivity index (χ0n) is 6.92. The largest absolute Gasteiger partial charge is 0.395 e. The van der Waals surface area contributed by atoms with Crippen LogP contribution in [0.3, 0.4) is 0 Å². The van der Waals surface area contributed by atoms with Crippen molar-refractivity contribution in [1.29, 1.82) is 0 Å². The number of aromatic nitrogens is 3. The molecule has 0 aliphatic heterocycles. The molecule has 5 heteroatoms. The van der Waals surface area contributed by atoms with Gasteiger partial charge in [-0.2, -0.15) is 5.10 Å². The van der Waals surface area contributed by atoms with E-state index in [-0.39, 0.29) is 12.2 Å². The molecule has 0 bridgehead atoms. The minimum Gasteiger partial charge on any atom is -0.395 e. The van der Waals surface area contributed by atoms with Crippen LogP contribution in [0.5, 0.6) is 0 Å². The molecule has 2 aromatic heterocycles. The highest BCUT2D eigenvalue weighted by molar-refractivity contribution is 5.42. The van der Waals surface area contributed by atoms with Crippen LogP contribution in [0.4, 0.5) is 0 Å². The third-order valence-electron chi connectivity index (χ3n) is 1.88. The zero-order chi connectivity index (χ0) is 9.26. The van der Waals surface area contributed by atoms with Gasteiger partial charge in [0.2, 0.25) is 0 Å². The van der Waals surface area contributed by atoms with Crippen LogP contribution in [0.1, 0.15) is 0 Å². The summed E-state index contributed by atoms with van der Waals surface area (Å²) in [6.07, 6.45) is 4.87. The molecule has 0 atom stereocenters. The van der Waals surface area contributed by atoms with Crippen LogP contribution in [0.2, 0.25) is 0 Å². The van der Waals surface area contributed by atoms with E-state index in [1.165, 1.54) is 9.08 Å². The standard InChI is InChI=1S/C8H9N3O2/c12-6-5-10-3-4-11-7(8(10)13)1-2-9-11/h1-4,12H,5-6H2. The van der Waals surface area contributed by atoms with E-state index in [4.69, 9.17) is 5.11 Å². The molecule has 13 heavy (non-hydrogen) atoms. The Bertz CT molecular complexity index is 471. The van der Waals surface area contributed by atoms with Crippen LogP contribution in [-0.4, -0.2) is 25.9 Å². The topological polar surface area (TPSA) is 59.5 Å². The average Bonchev–Trinajstić information content (AvgIpc) is 2.58. The van der Waals surface area contributed by atoms with Crippen LogP contribution < -0.4 is 5.56 Å². The van der Waals surface area contributed by atoms with E-state index >= 15 is 0 Å². The van der Waals surface area contributed by atoms with Gasteiger partial charge in [-0.15, -0.1) is 0 Å². The fourth-order valence-electron chi connectivity index (χ4n) is 1.24. The second-order valence-electron chi connectivity index (χ2n) is 2.68. The maximum Gasteiger partial charge on any atom is 0.276 e. The third-order valence-corrected chi connectivity index (χ3v) is 1.88. The maximum atomic E-state index is 11.6. The van der Waals surface area contributed by atoms with Crippen molar-refractivity contribution in [1.82, 2.24) is 14.2 Å². The van der Waals surface area contributed by atoms with Crippen LogP contribution in [0, 0.1) is 0 Å². The summed E-state index contributed by atoms with van der Waals surface area (Å²) in [7, 11) is 0. The molecule has 0 aliphatic carbocycles. The summed E-state index contributed by atoms with van der Waals surface area (Å²) in [6.45, 7) is 0.282. The molecule has 0 aliphatic rings. The molecule has 5 nitrogen and oxygen atoms in total. The highest BCUT2D eigenvalue weighted by Gasteiger charge is 2.01. The normalized spacial score (nSPS) is 10.8. The number of nitrogens with zero attached hydrogens (tertiary/aromatic N) is 3. The van der Waals surface area contributed by atoms with E-state index in [9.17, 15) is 4.79 Å². The van der Waals surface area contributed by atoms with E-state index in [0.29, 0.717) is 12.1 Å². The van der Waals surface area contributed by atoms with Crippen molar-refractivity contribution in [2.75, 3.05) is 6.61 Å². The predicted molar refractivity (Wildman–Crippen MR) is 46.5 cm³/mol. The van der Waals surface area contributed by atoms with Crippen molar-refractivity contribution >= 4 is 5.52 Å². The maximum absolute atomic E-state index is 11.6. The second-order valence-corrected chi connectivity index (χ2v) is 2.68. The molecule has 0 aromatic carbocycles. The predicted octanol–water partition coefficient (Wildman–Crippen LogP) is -0.512. The third kappa shape index (κ3) is 1.23. The zero-order valence-corrected chi connectivity index (χ0v) is 6.92. The molecule has 0 spiro atoms. The Morgan fingerprint density at radius 3 is 3.08 bits per heavy atom. The van der Waals surface area contributed by atoms with Gasteiger partial charge in [0.25, 0.3) is 5.56 Å². The molecule has 0 unspecified atom stereocenters. The quantitative estimate of drug-likeness (QED) is 0.675. The first kappa shape index (κ1) is 8.00. The van der Waals surface area contributed by atoms with Crippen molar-refractivity contribution in [2.45, 2.75) is 6.54 Å². The number of aliphatic hydroxyl groups excluding tert-OH is 1. The minimum absolute atomic E-state index is 0.0375. The SMILES string of the molecule is O=c1c2ccnn2ccn1CCO. The van der Waals surface area contributed by atoms with E-state index < -0.39 is 0 Å². The number of fused-ring (bicyclic) bond motifs is 1. The van der Waals surface area contributed by atoms with Gasteiger partial charge < -0.3 is 9.67 Å². The lowest BCUT2D eigenvalue weighted by Crippen LogP contribution is -2.22. The Hall–Kier alpha value is -1.62. The van der Waals surface area contributed by atoms with Crippen LogP contribution in [0.15, 0.2) is 29.5 Å². The lowest BCUT2D eigenvalue weighted by Gasteiger charge is -2.02. The van der Waals surface area contributed by atoms with Gasteiger partial charge in [-0.25, -0.2) is 4.52 Å². The smallest absolute Gasteiger partial charge is 0.276 e. The van der Waals surface area contributed by atoms with Gasteiger partial charge in [0.15, 0.2) is 0 Å². The summed E-state index contributed by atoms with van der Waals surface area (Å²) in [6, 6.07) is 1.65. The van der Waals surface area contributed by atoms with Crippen molar-refractivity contribution < 1.29 is 5.11 Å². The van der Waals surface area contributed by atoms with Crippen LogP contribution >= 0.6 is 0 Å². The Balaban J connectivity index is 2.67. The van der Waals surface area contributed by atoms with Crippen LogP contribution in [0.25, 0.3) is 5.52 Å². The fraction of sp³-hybridized carbons (Fsp3) is 0.250. The molecule has 0 saturated heterocycles. The minimum atomic E-state index is -0.131. The van der Waals surface area contributed by atoms with E-state index in [0.717, 1.165) is 0 Å². The van der Waals surface area contributed by atoms with Crippen LogP contribution in [-0.2, 0) is 6.54 Å². The van der Waals surface area contributed by atoms with E-state index in [1.807, 2.05) is 0 Å². The van der Waals surface area contributed by atoms with Gasteiger partial charge in [-0.1, -0.05) is 0 Å². The molecule has 2 rings (SSSR count). The van der Waals surface area contributed by atoms with Gasteiger partial charge >= 0.3 is 0 Å². The fourth-order valence-corrected chi connectivity index (χ4v) is 1.24. The molecule has 68 valence electrons. The van der Waals surface area contributed by atoms with Crippen molar-refractivity contribution in [3.63, 3.8) is 0 Å². The second kappa shape index (κ2) is 3.02. The molecule has 0 saturated carbocycles. The monoisotopic (exact) mass is 179 g/mol. The van der Waals surface area contributed by atoms with Crippen molar-refractivity contribution in [3.8, 4) is 0 Å². The van der Waals surface area contributed by atoms with Gasteiger partial charge in [0.1, 0.15) is 5.52 Å². The van der Waals surface area contributed by atoms with Gasteiger partial charge in [-0.3, -0.25) is 4.79 Å². The number of aliphatic hydroxyl groups is 1. The average molecular weight is 179 g/mol. The summed E-state index contributed by atoms with van der Waals surface area (Å²) >= 11 is 0. The number of hydrogen-bond donors (Lipinski definition) is 1. The van der Waals surface area contributed by atoms with Crippen molar-refractivity contribution in [2.24, 2.45) is 0 Å². The number of rotatable bonds is 2. The summed E-state index contributed by atoms with van der Waals surface area (Å²) < 4.78 is 2.97. The lowest BCUT2D eigenvalue weighted by molar-refractivity contribution is 0.274. The molecule has 0 amide bonds. The molecular weight excluding hydrogens is 170 g/mol. The summed E-state index contributed by atoms with van der Waals surface area (Å²) in [4.78, 5) is 11.6. The first-order valence-corrected chi connectivity index (χ1v) is 3.96. The van der Waals surface area contributed by atoms with Gasteiger partial charge in [0.05, 0.1) is 12.8 Å². The molecule has 1 N–H and O–H groups in total. The Morgan fingerprint density at radius 2 is 2.31 bits per heavy atom. The highest BCUT2D eigenvalue weighted by atomic mass is 16.3. The lowest BCUT2D eigenvalue weighted by atomic mass is 10.5. The molecule has 2 aromatic rings. The van der Waals surface area contributed by atoms with Gasteiger partial charge in [-0.05, 0) is 6.07 Å². The van der Waals surface area contributed by atoms with Gasteiger partial charge in [0, 0.05) is 18.9 Å². The van der Waals surface area contributed by atoms with E-state index in [1.54, 1.807) is 24.7 Å². The summed E-state index contributed by atoms with van der Waals surface area (Å²) in [5.41, 5.74) is 0.394. The first-order chi connectivity index (χ1) is 6.33. The Labute approximate surface area is 73.9 Å². The summed E-state index contributed by atoms with van der Waals surface area (Å²) in [5.74, 6) is 0.